The average Bonchev–Trinajstić information content (AvgIpc) is 2.54. The molecular weight excluding hydrogens is 377 g/mol. The van der Waals surface area contributed by atoms with E-state index in [0.717, 1.165) is 0 Å². The molecule has 1 aliphatic heterocycles. The number of benzene rings is 1. The van der Waals surface area contributed by atoms with Crippen LogP contribution in [0.3, 0.4) is 0 Å². The third kappa shape index (κ3) is 5.57. The van der Waals surface area contributed by atoms with Gasteiger partial charge in [-0.2, -0.15) is 26.3 Å². The number of rotatable bonds is 5. The molecule has 1 N–H and O–H groups in total. The predicted molar refractivity (Wildman–Crippen MR) is 87.7 cm³/mol. The quantitative estimate of drug-likeness (QED) is 0.680. The highest BCUT2D eigenvalue weighted by Crippen LogP contribution is 2.43. The number of nitrogens with one attached hydrogen (secondary N) is 1. The third-order valence-electron chi connectivity index (χ3n) is 4.71. The summed E-state index contributed by atoms with van der Waals surface area (Å²) in [7, 11) is 0. The largest absolute Gasteiger partial charge is 0.416 e. The average molecular weight is 400 g/mol. The van der Waals surface area contributed by atoms with Crippen LogP contribution in [-0.4, -0.2) is 31.1 Å². The second kappa shape index (κ2) is 8.34. The maximum absolute atomic E-state index is 14.7. The third-order valence-corrected chi connectivity index (χ3v) is 4.71. The van der Waals surface area contributed by atoms with Gasteiger partial charge in [0, 0.05) is 37.8 Å². The molecule has 1 aliphatic rings. The SMILES string of the molecule is CC(C)CC[C@@H](c1c(F)cc(C(F)(F)F)cc1C(F)(F)F)N1CCNCC1. The summed E-state index contributed by atoms with van der Waals surface area (Å²) in [5.74, 6) is -1.29. The van der Waals surface area contributed by atoms with Crippen molar-refractivity contribution in [3.63, 3.8) is 0 Å². The van der Waals surface area contributed by atoms with Crippen LogP contribution < -0.4 is 5.32 Å². The van der Waals surface area contributed by atoms with Gasteiger partial charge in [-0.1, -0.05) is 13.8 Å². The van der Waals surface area contributed by atoms with Gasteiger partial charge < -0.3 is 5.32 Å². The predicted octanol–water partition coefficient (Wildman–Crippen LogP) is 5.25. The van der Waals surface area contributed by atoms with Crippen molar-refractivity contribution < 1.29 is 30.7 Å². The summed E-state index contributed by atoms with van der Waals surface area (Å²) in [4.78, 5) is 1.72. The molecule has 0 saturated carbocycles. The lowest BCUT2D eigenvalue weighted by Gasteiger charge is -2.37. The van der Waals surface area contributed by atoms with Crippen molar-refractivity contribution in [2.45, 2.75) is 45.1 Å². The van der Waals surface area contributed by atoms with Crippen molar-refractivity contribution in [2.75, 3.05) is 26.2 Å². The van der Waals surface area contributed by atoms with Crippen LogP contribution in [0.1, 0.15) is 49.4 Å². The number of hydrogen-bond donors (Lipinski definition) is 1. The fraction of sp³-hybridized carbons (Fsp3) is 0.667. The van der Waals surface area contributed by atoms with Crippen LogP contribution in [-0.2, 0) is 12.4 Å². The molecule has 1 atom stereocenters. The fourth-order valence-electron chi connectivity index (χ4n) is 3.35. The van der Waals surface area contributed by atoms with E-state index in [-0.39, 0.29) is 24.5 Å². The maximum Gasteiger partial charge on any atom is 0.416 e. The Morgan fingerprint density at radius 3 is 2.04 bits per heavy atom. The van der Waals surface area contributed by atoms with Crippen LogP contribution >= 0.6 is 0 Å². The second-order valence-electron chi connectivity index (χ2n) is 7.19. The highest BCUT2D eigenvalue weighted by Gasteiger charge is 2.42. The lowest BCUT2D eigenvalue weighted by atomic mass is 9.90. The van der Waals surface area contributed by atoms with Gasteiger partial charge in [-0.25, -0.2) is 4.39 Å². The molecular formula is C18H23F7N2. The van der Waals surface area contributed by atoms with Crippen molar-refractivity contribution in [3.05, 3.63) is 34.6 Å². The zero-order valence-corrected chi connectivity index (χ0v) is 15.1. The highest BCUT2D eigenvalue weighted by molar-refractivity contribution is 5.39. The van der Waals surface area contributed by atoms with E-state index >= 15 is 0 Å². The molecule has 2 rings (SSSR count). The van der Waals surface area contributed by atoms with Crippen LogP contribution in [0.15, 0.2) is 12.1 Å². The zero-order valence-electron chi connectivity index (χ0n) is 15.1. The highest BCUT2D eigenvalue weighted by atomic mass is 19.4. The van der Waals surface area contributed by atoms with E-state index in [0.29, 0.717) is 32.6 Å². The summed E-state index contributed by atoms with van der Waals surface area (Å²) < 4.78 is 94.1. The molecule has 0 radical (unpaired) electrons. The number of piperazine rings is 1. The first-order valence-corrected chi connectivity index (χ1v) is 8.84. The Labute approximate surface area is 153 Å². The van der Waals surface area contributed by atoms with Gasteiger partial charge in [-0.3, -0.25) is 4.90 Å². The van der Waals surface area contributed by atoms with E-state index < -0.39 is 40.9 Å². The van der Waals surface area contributed by atoms with Gasteiger partial charge in [0.1, 0.15) is 5.82 Å². The standard InChI is InChI=1S/C18H23F7N2/c1-11(2)3-4-15(27-7-5-26-6-8-27)16-13(18(23,24)25)9-12(10-14(16)19)17(20,21)22/h9-11,15,26H,3-8H2,1-2H3/t15-/m0/s1. The Morgan fingerprint density at radius 1 is 0.963 bits per heavy atom. The Bertz CT molecular complexity index is 632. The molecule has 0 amide bonds. The van der Waals surface area contributed by atoms with E-state index in [1.54, 1.807) is 4.90 Å². The number of alkyl halides is 6. The van der Waals surface area contributed by atoms with E-state index in [1.807, 2.05) is 13.8 Å². The normalized spacial score (nSPS) is 18.1. The Balaban J connectivity index is 2.58. The molecule has 0 unspecified atom stereocenters. The molecule has 1 saturated heterocycles. The van der Waals surface area contributed by atoms with Gasteiger partial charge in [0.05, 0.1) is 11.1 Å². The van der Waals surface area contributed by atoms with Crippen molar-refractivity contribution in [1.29, 1.82) is 0 Å². The number of hydrogen-bond acceptors (Lipinski definition) is 2. The molecule has 27 heavy (non-hydrogen) atoms. The number of halogens is 7. The van der Waals surface area contributed by atoms with Gasteiger partial charge in [0.25, 0.3) is 0 Å². The molecule has 1 fully saturated rings. The Hall–Kier alpha value is -1.35. The first kappa shape index (κ1) is 21.9. The second-order valence-corrected chi connectivity index (χ2v) is 7.19. The maximum atomic E-state index is 14.7. The summed E-state index contributed by atoms with van der Waals surface area (Å²) in [5.41, 5.74) is -3.85. The minimum absolute atomic E-state index is 0.0307. The van der Waals surface area contributed by atoms with Gasteiger partial charge in [-0.05, 0) is 30.9 Å². The smallest absolute Gasteiger partial charge is 0.314 e. The topological polar surface area (TPSA) is 15.3 Å². The van der Waals surface area contributed by atoms with Gasteiger partial charge in [0.15, 0.2) is 0 Å². The molecule has 0 spiro atoms. The van der Waals surface area contributed by atoms with Gasteiger partial charge in [0.2, 0.25) is 0 Å². The summed E-state index contributed by atoms with van der Waals surface area (Å²) in [6, 6.07) is -0.716. The Morgan fingerprint density at radius 2 is 1.56 bits per heavy atom. The van der Waals surface area contributed by atoms with Crippen LogP contribution in [0.5, 0.6) is 0 Å². The zero-order chi connectivity index (χ0) is 20.4. The minimum atomic E-state index is -5.08. The summed E-state index contributed by atoms with van der Waals surface area (Å²) >= 11 is 0. The van der Waals surface area contributed by atoms with Crippen LogP contribution in [0.2, 0.25) is 0 Å². The monoisotopic (exact) mass is 400 g/mol. The molecule has 154 valence electrons. The first-order valence-electron chi connectivity index (χ1n) is 8.84. The molecule has 0 aromatic heterocycles. The van der Waals surface area contributed by atoms with Gasteiger partial charge in [-0.15, -0.1) is 0 Å². The van der Waals surface area contributed by atoms with Gasteiger partial charge >= 0.3 is 12.4 Å². The van der Waals surface area contributed by atoms with E-state index in [4.69, 9.17) is 0 Å². The number of nitrogens with zero attached hydrogens (tertiary/aromatic N) is 1. The van der Waals surface area contributed by atoms with Crippen LogP contribution in [0.25, 0.3) is 0 Å². The summed E-state index contributed by atoms with van der Waals surface area (Å²) in [6.45, 7) is 5.65. The first-order chi connectivity index (χ1) is 12.4. The van der Waals surface area contributed by atoms with Crippen molar-refractivity contribution in [2.24, 2.45) is 5.92 Å². The van der Waals surface area contributed by atoms with Crippen molar-refractivity contribution in [3.8, 4) is 0 Å². The summed E-state index contributed by atoms with van der Waals surface area (Å²) in [5, 5.41) is 3.07. The van der Waals surface area contributed by atoms with Crippen molar-refractivity contribution in [1.82, 2.24) is 10.2 Å². The Kier molecular flexibility index (Phi) is 6.78. The molecule has 0 bridgehead atoms. The minimum Gasteiger partial charge on any atom is -0.314 e. The summed E-state index contributed by atoms with van der Waals surface area (Å²) in [6.07, 6.45) is -9.36. The van der Waals surface area contributed by atoms with Crippen LogP contribution in [0.4, 0.5) is 30.7 Å². The molecule has 1 aromatic carbocycles. The van der Waals surface area contributed by atoms with E-state index in [9.17, 15) is 30.7 Å². The van der Waals surface area contributed by atoms with E-state index in [1.165, 1.54) is 0 Å². The molecule has 1 heterocycles. The fourth-order valence-corrected chi connectivity index (χ4v) is 3.35. The van der Waals surface area contributed by atoms with Crippen LogP contribution in [0, 0.1) is 11.7 Å². The van der Waals surface area contributed by atoms with Crippen molar-refractivity contribution >= 4 is 0 Å². The molecule has 9 heteroatoms. The van der Waals surface area contributed by atoms with E-state index in [2.05, 4.69) is 5.32 Å². The molecule has 2 nitrogen and oxygen atoms in total. The molecule has 0 aliphatic carbocycles. The molecule has 1 aromatic rings. The lowest BCUT2D eigenvalue weighted by molar-refractivity contribution is -0.144. The lowest BCUT2D eigenvalue weighted by Crippen LogP contribution is -2.45.